The zero-order chi connectivity index (χ0) is 89.8. The first-order valence-electron chi connectivity index (χ1n) is 35.1. The maximum Gasteiger partial charge on any atom is 0.435 e. The van der Waals surface area contributed by atoms with Crippen LogP contribution in [0.4, 0.5) is 79.0 Å². The number of pyridine rings is 6. The molecule has 12 rings (SSSR count). The SMILES string of the molecule is CCCn1nc(-c2ccnc(C(=O)N(C)C)c2)cc1C(F)(F)F.CN(C)C(=O)c1cc(-c2cc(C(F)(F)F)n(-c3ccccn3)n2)ccn1.CN(C)C(=O)c1cc(-c2cc(C(F)(F)F)n(C)n2)ccn1.CN(C)C(=O)c1cc(-c2cc(C(F)(F)F)nn2-c2ccccc2)ccn1.CN(C)C(=O)c1cc(-c2cc(C(F)(F)F)nn2CC(F)(F)F)ccn1. The minimum atomic E-state index is -4.90. The molecule has 5 amide bonds. The van der Waals surface area contributed by atoms with E-state index in [4.69, 9.17) is 0 Å². The smallest absolute Gasteiger partial charge is 0.343 e. The summed E-state index contributed by atoms with van der Waals surface area (Å²) in [5, 5.41) is 18.6. The number of hydrogen-bond donors (Lipinski definition) is 0. The molecule has 0 radical (unpaired) electrons. The minimum Gasteiger partial charge on any atom is -0.343 e. The Morgan fingerprint density at radius 3 is 1.06 bits per heavy atom. The van der Waals surface area contributed by atoms with Crippen molar-refractivity contribution < 1.29 is 103 Å². The molecule has 0 spiro atoms. The first kappa shape index (κ1) is 92.8. The molecule has 0 saturated carbocycles. The number of alkyl halides is 18. The van der Waals surface area contributed by atoms with E-state index in [0.717, 1.165) is 50.6 Å². The van der Waals surface area contributed by atoms with Crippen LogP contribution in [0.2, 0.25) is 0 Å². The van der Waals surface area contributed by atoms with Gasteiger partial charge in [0.25, 0.3) is 29.5 Å². The average Bonchev–Trinajstić information content (AvgIpc) is 1.67. The number of benzene rings is 1. The van der Waals surface area contributed by atoms with Crippen molar-refractivity contribution >= 4 is 29.5 Å². The fraction of sp³-hybridized carbons (Fsp3) is 0.273. The molecule has 44 heteroatoms. The van der Waals surface area contributed by atoms with Gasteiger partial charge in [-0.3, -0.25) is 62.9 Å². The molecule has 12 aromatic rings. The maximum atomic E-state index is 13.4. The van der Waals surface area contributed by atoms with Crippen LogP contribution in [0.25, 0.3) is 67.8 Å². The number of aromatic nitrogens is 16. The Bertz CT molecular complexity index is 5610. The van der Waals surface area contributed by atoms with Gasteiger partial charge in [0.1, 0.15) is 46.4 Å². The van der Waals surface area contributed by atoms with Gasteiger partial charge in [-0.1, -0.05) is 31.2 Å². The van der Waals surface area contributed by atoms with Crippen LogP contribution in [0.5, 0.6) is 0 Å². The van der Waals surface area contributed by atoms with Crippen molar-refractivity contribution in [3.8, 4) is 67.8 Å². The van der Waals surface area contributed by atoms with Crippen molar-refractivity contribution in [1.82, 2.24) is 103 Å². The summed E-state index contributed by atoms with van der Waals surface area (Å²) in [6.07, 6.45) is -19.3. The van der Waals surface area contributed by atoms with Crippen LogP contribution in [0.3, 0.4) is 0 Å². The number of halogens is 18. The number of rotatable bonds is 15. The maximum absolute atomic E-state index is 13.4. The topological polar surface area (TPSA) is 268 Å². The largest absolute Gasteiger partial charge is 0.435 e. The molecule has 26 nitrogen and oxygen atoms in total. The summed E-state index contributed by atoms with van der Waals surface area (Å²) in [5.74, 6) is -1.84. The van der Waals surface area contributed by atoms with Crippen LogP contribution < -0.4 is 0 Å². The Morgan fingerprint density at radius 1 is 0.331 bits per heavy atom. The van der Waals surface area contributed by atoms with Crippen LogP contribution in [0.15, 0.2) is 177 Å². The second-order valence-electron chi connectivity index (χ2n) is 26.7. The number of para-hydroxylation sites is 1. The normalized spacial score (nSPS) is 11.7. The highest BCUT2D eigenvalue weighted by atomic mass is 19.4. The number of amides is 5. The predicted molar refractivity (Wildman–Crippen MR) is 400 cm³/mol. The third kappa shape index (κ3) is 24.2. The zero-order valence-electron chi connectivity index (χ0n) is 65.6. The summed E-state index contributed by atoms with van der Waals surface area (Å²) >= 11 is 0. The quantitative estimate of drug-likeness (QED) is 0.0863. The molecule has 121 heavy (non-hydrogen) atoms. The number of aryl methyl sites for hydroxylation is 2. The summed E-state index contributed by atoms with van der Waals surface area (Å²) in [7, 11) is 16.7. The highest BCUT2D eigenvalue weighted by Gasteiger charge is 2.41. The molecule has 0 aliphatic carbocycles. The molecule has 0 aliphatic rings. The van der Waals surface area contributed by atoms with E-state index in [1.54, 1.807) is 112 Å². The Labute approximate surface area is 676 Å². The third-order valence-corrected chi connectivity index (χ3v) is 16.3. The van der Waals surface area contributed by atoms with E-state index in [1.807, 2.05) is 0 Å². The van der Waals surface area contributed by atoms with Crippen LogP contribution >= 0.6 is 0 Å². The lowest BCUT2D eigenvalue weighted by Gasteiger charge is -2.12. The van der Waals surface area contributed by atoms with Crippen LogP contribution in [0, 0.1) is 0 Å². The summed E-state index contributed by atoms with van der Waals surface area (Å²) < 4.78 is 238. The second-order valence-corrected chi connectivity index (χ2v) is 26.7. The van der Waals surface area contributed by atoms with Gasteiger partial charge in [-0.25, -0.2) is 14.3 Å². The average molecular weight is 1710 g/mol. The van der Waals surface area contributed by atoms with Crippen LogP contribution in [-0.4, -0.2) is 209 Å². The standard InChI is InChI=1S/C18H15F3N4O.C17H14F3N5O.C15H17F3N4O.C14H12F6N4O.C13H13F3N4O/c1-24(2)17(26)14-10-12(8-9-22-14)15-11-16(18(19,20)21)23-25(15)13-6-4-3-5-7-13;1-24(2)16(26)13-9-11(6-8-21-13)12-10-14(17(18,19)20)25(23-12)15-5-3-4-7-22-15;1-4-7-22-13(15(16,17)18)9-11(20-22)10-5-6-19-12(8-10)14(23)21(2)3;1-23(2)12(25)9-5-8(3-4-21-9)10-6-11(14(18,19)20)22-24(10)7-13(15,16)17;1-19(2)12(21)10-6-8(4-5-17-10)9-7-11(13(14,15)16)20(3)18-9/h3-11H,1-2H3;3-10H,1-2H3;5-6,8-9H,4,7H2,1-3H3;3-6H,7H2,1-2H3;4-7H,1-3H3. The monoisotopic (exact) mass is 1710 g/mol. The van der Waals surface area contributed by atoms with Crippen molar-refractivity contribution in [3.05, 3.63) is 234 Å². The number of nitrogens with zero attached hydrogens (tertiary/aromatic N) is 21. The lowest BCUT2D eigenvalue weighted by molar-refractivity contribution is -0.148. The van der Waals surface area contributed by atoms with Gasteiger partial charge in [-0.15, -0.1) is 0 Å². The number of carbonyl (C=O) groups excluding carboxylic acids is 5. The molecule has 0 fully saturated rings. The zero-order valence-corrected chi connectivity index (χ0v) is 65.6. The molecule has 640 valence electrons. The minimum absolute atomic E-state index is 0.0348. The van der Waals surface area contributed by atoms with Gasteiger partial charge in [-0.2, -0.15) is 105 Å². The molecular formula is C77H71F18N21O5. The van der Waals surface area contributed by atoms with E-state index in [9.17, 15) is 103 Å². The van der Waals surface area contributed by atoms with Gasteiger partial charge < -0.3 is 24.5 Å². The van der Waals surface area contributed by atoms with E-state index in [-0.39, 0.29) is 97.5 Å². The molecule has 0 N–H and O–H groups in total. The first-order valence-corrected chi connectivity index (χ1v) is 35.1. The molecule has 1 aromatic carbocycles. The Morgan fingerprint density at radius 2 is 0.686 bits per heavy atom. The van der Waals surface area contributed by atoms with E-state index in [0.29, 0.717) is 40.4 Å². The van der Waals surface area contributed by atoms with E-state index >= 15 is 0 Å². The van der Waals surface area contributed by atoms with Crippen molar-refractivity contribution in [2.45, 2.75) is 63.5 Å². The second kappa shape index (κ2) is 37.9. The Kier molecular flexibility index (Phi) is 29.1. The molecule has 0 aliphatic heterocycles. The van der Waals surface area contributed by atoms with E-state index < -0.39 is 83.7 Å². The molecular weight excluding hydrogens is 1640 g/mol. The first-order chi connectivity index (χ1) is 56.4. The lowest BCUT2D eigenvalue weighted by atomic mass is 10.1. The number of hydrogen-bond acceptors (Lipinski definition) is 16. The van der Waals surface area contributed by atoms with Crippen molar-refractivity contribution in [2.24, 2.45) is 7.05 Å². The molecule has 0 bridgehead atoms. The Hall–Kier alpha value is -13.7. The van der Waals surface area contributed by atoms with Crippen molar-refractivity contribution in [2.75, 3.05) is 70.5 Å². The molecule has 11 heterocycles. The molecule has 0 saturated heterocycles. The van der Waals surface area contributed by atoms with Crippen molar-refractivity contribution in [3.63, 3.8) is 0 Å². The Balaban J connectivity index is 0.000000188. The van der Waals surface area contributed by atoms with Crippen LogP contribution in [0.1, 0.15) is 94.3 Å². The molecule has 11 aromatic heterocycles. The highest BCUT2D eigenvalue weighted by molar-refractivity contribution is 5.95. The van der Waals surface area contributed by atoms with E-state index in [1.165, 1.54) is 136 Å². The van der Waals surface area contributed by atoms with Gasteiger partial charge in [0, 0.05) is 149 Å². The lowest BCUT2D eigenvalue weighted by Crippen LogP contribution is -2.23. The van der Waals surface area contributed by atoms with Gasteiger partial charge in [0.15, 0.2) is 22.9 Å². The highest BCUT2D eigenvalue weighted by Crippen LogP contribution is 2.39. The van der Waals surface area contributed by atoms with Crippen LogP contribution in [-0.2, 0) is 51.0 Å². The summed E-state index contributed by atoms with van der Waals surface area (Å²) in [5.41, 5.74) is -2.40. The molecule has 0 unspecified atom stereocenters. The molecule has 0 atom stereocenters. The fourth-order valence-corrected chi connectivity index (χ4v) is 10.7. The summed E-state index contributed by atoms with van der Waals surface area (Å²) in [6, 6.07) is 31.6. The third-order valence-electron chi connectivity index (χ3n) is 16.3. The van der Waals surface area contributed by atoms with Gasteiger partial charge in [0.05, 0.1) is 34.2 Å². The number of carbonyl (C=O) groups is 5. The fourth-order valence-electron chi connectivity index (χ4n) is 10.7. The van der Waals surface area contributed by atoms with Gasteiger partial charge in [-0.05, 0) is 122 Å². The van der Waals surface area contributed by atoms with Gasteiger partial charge in [0.2, 0.25) is 0 Å². The van der Waals surface area contributed by atoms with Gasteiger partial charge >= 0.3 is 37.1 Å². The summed E-state index contributed by atoms with van der Waals surface area (Å²) in [6.45, 7) is 0.253. The van der Waals surface area contributed by atoms with Crippen molar-refractivity contribution in [1.29, 1.82) is 0 Å². The van der Waals surface area contributed by atoms with E-state index in [2.05, 4.69) is 55.4 Å². The summed E-state index contributed by atoms with van der Waals surface area (Å²) in [4.78, 5) is 89.9. The predicted octanol–water partition coefficient (Wildman–Crippen LogP) is 15.2.